The molecule has 0 saturated carbocycles. The minimum absolute atomic E-state index is 0.0337. The fourth-order valence-corrected chi connectivity index (χ4v) is 2.90. The summed E-state index contributed by atoms with van der Waals surface area (Å²) in [6.07, 6.45) is 0.853. The predicted octanol–water partition coefficient (Wildman–Crippen LogP) is 1.99. The first-order valence-electron chi connectivity index (χ1n) is 7.30. The Morgan fingerprint density at radius 1 is 1.43 bits per heavy atom. The van der Waals surface area contributed by atoms with E-state index >= 15 is 0 Å². The Hall–Kier alpha value is -2.30. The Kier molecular flexibility index (Phi) is 3.41. The van der Waals surface area contributed by atoms with Crippen molar-refractivity contribution in [3.05, 3.63) is 46.8 Å². The van der Waals surface area contributed by atoms with Crippen LogP contribution < -0.4 is 5.73 Å². The summed E-state index contributed by atoms with van der Waals surface area (Å²) in [5, 5.41) is 4.35. The number of aromatic nitrogens is 2. The molecular weight excluding hydrogens is 264 g/mol. The van der Waals surface area contributed by atoms with Gasteiger partial charge in [-0.2, -0.15) is 5.10 Å². The monoisotopic (exact) mass is 284 g/mol. The average Bonchev–Trinajstić information content (AvgIpc) is 2.88. The van der Waals surface area contributed by atoms with E-state index in [4.69, 9.17) is 5.73 Å². The summed E-state index contributed by atoms with van der Waals surface area (Å²) in [5.74, 6) is 0.0337. The molecule has 0 saturated heterocycles. The van der Waals surface area contributed by atoms with Crippen LogP contribution in [0.1, 0.15) is 34.2 Å². The van der Waals surface area contributed by atoms with Gasteiger partial charge >= 0.3 is 0 Å². The van der Waals surface area contributed by atoms with Crippen LogP contribution in [0.15, 0.2) is 24.3 Å². The number of nitrogens with zero attached hydrogens (tertiary/aromatic N) is 3. The van der Waals surface area contributed by atoms with Crippen molar-refractivity contribution in [1.82, 2.24) is 14.7 Å². The van der Waals surface area contributed by atoms with Gasteiger partial charge in [-0.1, -0.05) is 12.1 Å². The van der Waals surface area contributed by atoms with Crippen molar-refractivity contribution in [3.8, 4) is 0 Å². The second-order valence-corrected chi connectivity index (χ2v) is 5.45. The quantitative estimate of drug-likeness (QED) is 0.858. The highest BCUT2D eigenvalue weighted by molar-refractivity contribution is 5.93. The maximum atomic E-state index is 12.7. The van der Waals surface area contributed by atoms with E-state index in [1.165, 1.54) is 5.56 Å². The number of carbonyl (C=O) groups excluding carboxylic acids is 1. The van der Waals surface area contributed by atoms with Crippen LogP contribution in [0.2, 0.25) is 0 Å². The second kappa shape index (κ2) is 5.24. The molecule has 1 aromatic heterocycles. The van der Waals surface area contributed by atoms with Crippen molar-refractivity contribution < 1.29 is 4.79 Å². The summed E-state index contributed by atoms with van der Waals surface area (Å²) in [6.45, 7) is 5.90. The third-order valence-electron chi connectivity index (χ3n) is 4.02. The van der Waals surface area contributed by atoms with Crippen LogP contribution in [-0.4, -0.2) is 27.1 Å². The Morgan fingerprint density at radius 2 is 2.24 bits per heavy atom. The lowest BCUT2D eigenvalue weighted by Crippen LogP contribution is -2.37. The normalized spacial score (nSPS) is 14.1. The number of aryl methyl sites for hydroxylation is 2. The van der Waals surface area contributed by atoms with Crippen molar-refractivity contribution in [2.45, 2.75) is 33.4 Å². The van der Waals surface area contributed by atoms with Crippen molar-refractivity contribution in [2.75, 3.05) is 12.3 Å². The largest absolute Gasteiger partial charge is 0.398 e. The van der Waals surface area contributed by atoms with Crippen LogP contribution in [0.5, 0.6) is 0 Å². The van der Waals surface area contributed by atoms with Crippen LogP contribution >= 0.6 is 0 Å². The number of nitrogen functional groups attached to an aromatic ring is 1. The number of amides is 1. The number of rotatable bonds is 2. The lowest BCUT2D eigenvalue weighted by atomic mass is 9.98. The minimum atomic E-state index is 0.0337. The molecule has 1 aliphatic rings. The molecule has 2 N–H and O–H groups in total. The molecule has 3 rings (SSSR count). The molecule has 0 aliphatic carbocycles. The van der Waals surface area contributed by atoms with Crippen molar-refractivity contribution in [1.29, 1.82) is 0 Å². The highest BCUT2D eigenvalue weighted by Gasteiger charge is 2.25. The Labute approximate surface area is 124 Å². The summed E-state index contributed by atoms with van der Waals surface area (Å²) in [6, 6.07) is 7.82. The maximum Gasteiger partial charge on any atom is 0.272 e. The first-order chi connectivity index (χ1) is 10.1. The Morgan fingerprint density at radius 3 is 3.00 bits per heavy atom. The third kappa shape index (κ3) is 2.39. The van der Waals surface area contributed by atoms with E-state index in [0.717, 1.165) is 29.9 Å². The van der Waals surface area contributed by atoms with E-state index in [2.05, 4.69) is 11.2 Å². The van der Waals surface area contributed by atoms with Crippen molar-refractivity contribution in [3.63, 3.8) is 0 Å². The molecule has 2 heterocycles. The van der Waals surface area contributed by atoms with Gasteiger partial charge in [-0.05, 0) is 43.5 Å². The number of nitrogens with two attached hydrogens (primary N) is 1. The van der Waals surface area contributed by atoms with Gasteiger partial charge in [0.1, 0.15) is 5.69 Å². The minimum Gasteiger partial charge on any atom is -0.398 e. The Balaban J connectivity index is 1.89. The van der Waals surface area contributed by atoms with Crippen molar-refractivity contribution in [2.24, 2.45) is 0 Å². The first-order valence-corrected chi connectivity index (χ1v) is 7.30. The van der Waals surface area contributed by atoms with Crippen LogP contribution in [0, 0.1) is 6.92 Å². The molecule has 2 aromatic rings. The average molecular weight is 284 g/mol. The third-order valence-corrected chi connectivity index (χ3v) is 4.02. The lowest BCUT2D eigenvalue weighted by molar-refractivity contribution is 0.0722. The summed E-state index contributed by atoms with van der Waals surface area (Å²) < 4.78 is 1.77. The van der Waals surface area contributed by atoms with Crippen LogP contribution in [-0.2, 0) is 19.5 Å². The summed E-state index contributed by atoms with van der Waals surface area (Å²) in [5.41, 5.74) is 10.7. The van der Waals surface area contributed by atoms with Gasteiger partial charge in [0.15, 0.2) is 0 Å². The summed E-state index contributed by atoms with van der Waals surface area (Å²) >= 11 is 0. The molecule has 0 bridgehead atoms. The molecule has 0 radical (unpaired) electrons. The predicted molar refractivity (Wildman–Crippen MR) is 81.9 cm³/mol. The molecule has 110 valence electrons. The number of hydrogen-bond donors (Lipinski definition) is 1. The number of benzene rings is 1. The summed E-state index contributed by atoms with van der Waals surface area (Å²) in [7, 11) is 0. The van der Waals surface area contributed by atoms with Gasteiger partial charge in [-0.15, -0.1) is 0 Å². The van der Waals surface area contributed by atoms with Gasteiger partial charge < -0.3 is 10.6 Å². The van der Waals surface area contributed by atoms with Crippen LogP contribution in [0.25, 0.3) is 0 Å². The smallest absolute Gasteiger partial charge is 0.272 e. The SMILES string of the molecule is CCn1nc(C)cc1C(=O)N1CCc2cccc(N)c2C1. The molecule has 5 heteroatoms. The molecule has 0 unspecified atom stereocenters. The van der Waals surface area contributed by atoms with E-state index in [1.807, 2.05) is 36.9 Å². The zero-order valence-corrected chi connectivity index (χ0v) is 12.5. The lowest BCUT2D eigenvalue weighted by Gasteiger charge is -2.29. The molecular formula is C16H20N4O. The maximum absolute atomic E-state index is 12.7. The first kappa shape index (κ1) is 13.7. The second-order valence-electron chi connectivity index (χ2n) is 5.45. The molecule has 1 amide bonds. The fourth-order valence-electron chi connectivity index (χ4n) is 2.90. The molecule has 5 nitrogen and oxygen atoms in total. The van der Waals surface area contributed by atoms with E-state index < -0.39 is 0 Å². The molecule has 0 spiro atoms. The fraction of sp³-hybridized carbons (Fsp3) is 0.375. The van der Waals surface area contributed by atoms with Gasteiger partial charge in [-0.25, -0.2) is 0 Å². The van der Waals surface area contributed by atoms with E-state index in [0.29, 0.717) is 18.8 Å². The highest BCUT2D eigenvalue weighted by Crippen LogP contribution is 2.25. The van der Waals surface area contributed by atoms with Gasteiger partial charge in [0.25, 0.3) is 5.91 Å². The number of hydrogen-bond acceptors (Lipinski definition) is 3. The van der Waals surface area contributed by atoms with Crippen LogP contribution in [0.3, 0.4) is 0 Å². The molecule has 0 fully saturated rings. The van der Waals surface area contributed by atoms with Gasteiger partial charge in [-0.3, -0.25) is 9.48 Å². The van der Waals surface area contributed by atoms with Gasteiger partial charge in [0, 0.05) is 25.3 Å². The van der Waals surface area contributed by atoms with Gasteiger partial charge in [0.2, 0.25) is 0 Å². The number of fused-ring (bicyclic) bond motifs is 1. The van der Waals surface area contributed by atoms with Crippen LogP contribution in [0.4, 0.5) is 5.69 Å². The van der Waals surface area contributed by atoms with E-state index in [-0.39, 0.29) is 5.91 Å². The zero-order valence-electron chi connectivity index (χ0n) is 12.5. The Bertz CT molecular complexity index is 690. The van der Waals surface area contributed by atoms with Crippen molar-refractivity contribution >= 4 is 11.6 Å². The highest BCUT2D eigenvalue weighted by atomic mass is 16.2. The van der Waals surface area contributed by atoms with E-state index in [1.54, 1.807) is 4.68 Å². The summed E-state index contributed by atoms with van der Waals surface area (Å²) in [4.78, 5) is 14.6. The molecule has 1 aromatic carbocycles. The molecule has 0 atom stereocenters. The topological polar surface area (TPSA) is 64.2 Å². The van der Waals surface area contributed by atoms with E-state index in [9.17, 15) is 4.79 Å². The zero-order chi connectivity index (χ0) is 15.0. The number of anilines is 1. The molecule has 1 aliphatic heterocycles. The standard InChI is InChI=1S/C16H20N4O/c1-3-20-15(9-11(2)18-20)16(21)19-8-7-12-5-4-6-14(17)13(12)10-19/h4-6,9H,3,7-8,10,17H2,1-2H3. The molecule has 21 heavy (non-hydrogen) atoms. The van der Waals surface area contributed by atoms with Gasteiger partial charge in [0.05, 0.1) is 5.69 Å². The number of carbonyl (C=O) groups is 1.